The number of aromatic nitrogens is 5. The van der Waals surface area contributed by atoms with Crippen LogP contribution in [-0.4, -0.2) is 30.1 Å². The molecule has 2 heterocycles. The minimum absolute atomic E-state index is 0.107. The fraction of sp³-hybridized carbons (Fsp3) is 0.429. The Bertz CT molecular complexity index is 1400. The third kappa shape index (κ3) is 5.54. The summed E-state index contributed by atoms with van der Waals surface area (Å²) in [7, 11) is 0. The lowest BCUT2D eigenvalue weighted by Gasteiger charge is -2.33. The number of H-pyrrole nitrogens is 1. The van der Waals surface area contributed by atoms with Crippen LogP contribution in [0.1, 0.15) is 74.7 Å². The van der Waals surface area contributed by atoms with Crippen LogP contribution >= 0.6 is 0 Å². The van der Waals surface area contributed by atoms with Crippen molar-refractivity contribution in [3.63, 3.8) is 0 Å². The lowest BCUT2D eigenvalue weighted by atomic mass is 10.0. The van der Waals surface area contributed by atoms with Crippen molar-refractivity contribution in [2.75, 3.05) is 0 Å². The molecule has 0 fully saturated rings. The number of hydrogen-bond donors (Lipinski definition) is 1. The molecule has 2 aromatic heterocycles. The smallest absolute Gasteiger partial charge is 0.252 e. The molecule has 0 aliphatic heterocycles. The van der Waals surface area contributed by atoms with Crippen molar-refractivity contribution in [2.45, 2.75) is 79.1 Å². The van der Waals surface area contributed by atoms with Gasteiger partial charge in [0.15, 0.2) is 5.82 Å². The standard InChI is InChI=1S/C28H35FN6O/c1-7-8-24(26-31-32-33-35(26)28(4,5)6)34(16-20-9-11-23(29)12-10-20)17-22-15-21-14-18(2)13-19(3)25(21)30-27(22)36/h9-15,24H,7-8,16-17H2,1-6H3,(H,30,36)/t24-/m0/s1. The van der Waals surface area contributed by atoms with Crippen molar-refractivity contribution < 1.29 is 4.39 Å². The quantitative estimate of drug-likeness (QED) is 0.349. The zero-order chi connectivity index (χ0) is 26.0. The second kappa shape index (κ2) is 10.3. The third-order valence-corrected chi connectivity index (χ3v) is 6.47. The summed E-state index contributed by atoms with van der Waals surface area (Å²) in [5.41, 5.74) is 4.27. The van der Waals surface area contributed by atoms with E-state index >= 15 is 0 Å². The van der Waals surface area contributed by atoms with Gasteiger partial charge in [0.2, 0.25) is 0 Å². The number of nitrogens with one attached hydrogen (secondary N) is 1. The van der Waals surface area contributed by atoms with Gasteiger partial charge < -0.3 is 4.98 Å². The molecular weight excluding hydrogens is 455 g/mol. The van der Waals surface area contributed by atoms with Gasteiger partial charge >= 0.3 is 0 Å². The molecule has 1 atom stereocenters. The number of benzene rings is 2. The summed E-state index contributed by atoms with van der Waals surface area (Å²) >= 11 is 0. The first-order valence-electron chi connectivity index (χ1n) is 12.5. The number of aryl methyl sites for hydroxylation is 2. The van der Waals surface area contributed by atoms with E-state index in [0.29, 0.717) is 18.7 Å². The largest absolute Gasteiger partial charge is 0.321 e. The number of fused-ring (bicyclic) bond motifs is 1. The maximum atomic E-state index is 13.6. The molecule has 0 spiro atoms. The Morgan fingerprint density at radius 3 is 2.47 bits per heavy atom. The summed E-state index contributed by atoms with van der Waals surface area (Å²) in [6, 6.07) is 12.5. The van der Waals surface area contributed by atoms with Gasteiger partial charge in [-0.3, -0.25) is 9.69 Å². The first-order valence-corrected chi connectivity index (χ1v) is 12.5. The predicted octanol–water partition coefficient (Wildman–Crippen LogP) is 5.57. The molecule has 0 aliphatic carbocycles. The Kier molecular flexibility index (Phi) is 7.36. The lowest BCUT2D eigenvalue weighted by Crippen LogP contribution is -2.35. The van der Waals surface area contributed by atoms with E-state index < -0.39 is 0 Å². The van der Waals surface area contributed by atoms with E-state index in [4.69, 9.17) is 0 Å². The number of aromatic amines is 1. The average Bonchev–Trinajstić information content (AvgIpc) is 3.30. The number of rotatable bonds is 8. The molecule has 7 nitrogen and oxygen atoms in total. The van der Waals surface area contributed by atoms with Gasteiger partial charge in [0, 0.05) is 18.7 Å². The van der Waals surface area contributed by atoms with Crippen molar-refractivity contribution in [1.29, 1.82) is 0 Å². The highest BCUT2D eigenvalue weighted by atomic mass is 19.1. The van der Waals surface area contributed by atoms with Gasteiger partial charge in [-0.25, -0.2) is 9.07 Å². The Morgan fingerprint density at radius 1 is 1.08 bits per heavy atom. The van der Waals surface area contributed by atoms with Gasteiger partial charge in [-0.05, 0) is 92.2 Å². The van der Waals surface area contributed by atoms with E-state index in [9.17, 15) is 9.18 Å². The maximum absolute atomic E-state index is 13.6. The molecule has 0 saturated heterocycles. The van der Waals surface area contributed by atoms with Crippen molar-refractivity contribution >= 4 is 10.9 Å². The van der Waals surface area contributed by atoms with E-state index in [2.05, 4.69) is 72.2 Å². The fourth-order valence-electron chi connectivity index (χ4n) is 4.80. The molecule has 0 saturated carbocycles. The number of nitrogens with zero attached hydrogens (tertiary/aromatic N) is 5. The van der Waals surface area contributed by atoms with Gasteiger partial charge in [-0.2, -0.15) is 0 Å². The molecule has 2 aromatic carbocycles. The molecule has 0 aliphatic rings. The molecular formula is C28H35FN6O. The monoisotopic (exact) mass is 490 g/mol. The molecule has 8 heteroatoms. The fourth-order valence-corrected chi connectivity index (χ4v) is 4.80. The molecule has 1 N–H and O–H groups in total. The van der Waals surface area contributed by atoms with Gasteiger partial charge in [0.1, 0.15) is 5.82 Å². The Labute approximate surface area is 211 Å². The van der Waals surface area contributed by atoms with Gasteiger partial charge in [0.25, 0.3) is 5.56 Å². The van der Waals surface area contributed by atoms with Crippen LogP contribution in [-0.2, 0) is 18.6 Å². The van der Waals surface area contributed by atoms with Crippen molar-refractivity contribution in [3.8, 4) is 0 Å². The summed E-state index contributed by atoms with van der Waals surface area (Å²) in [6.07, 6.45) is 1.72. The van der Waals surface area contributed by atoms with Crippen molar-refractivity contribution in [3.05, 3.63) is 86.7 Å². The van der Waals surface area contributed by atoms with Crippen LogP contribution < -0.4 is 5.56 Å². The molecule has 36 heavy (non-hydrogen) atoms. The summed E-state index contributed by atoms with van der Waals surface area (Å²) in [5, 5.41) is 13.7. The second-order valence-electron chi connectivity index (χ2n) is 10.6. The Morgan fingerprint density at radius 2 is 1.81 bits per heavy atom. The minimum Gasteiger partial charge on any atom is -0.321 e. The third-order valence-electron chi connectivity index (χ3n) is 6.47. The average molecular weight is 491 g/mol. The van der Waals surface area contributed by atoms with Crippen molar-refractivity contribution in [2.24, 2.45) is 0 Å². The zero-order valence-electron chi connectivity index (χ0n) is 22.0. The molecule has 0 amide bonds. The highest BCUT2D eigenvalue weighted by Crippen LogP contribution is 2.30. The number of pyridine rings is 1. The van der Waals surface area contributed by atoms with Crippen LogP contribution in [0.25, 0.3) is 10.9 Å². The van der Waals surface area contributed by atoms with Crippen LogP contribution in [0.4, 0.5) is 4.39 Å². The topological polar surface area (TPSA) is 79.7 Å². The van der Waals surface area contributed by atoms with Crippen molar-refractivity contribution in [1.82, 2.24) is 30.1 Å². The normalized spacial score (nSPS) is 13.0. The number of halogens is 1. The molecule has 0 bridgehead atoms. The lowest BCUT2D eigenvalue weighted by molar-refractivity contribution is 0.148. The molecule has 4 aromatic rings. The highest BCUT2D eigenvalue weighted by molar-refractivity contribution is 5.82. The molecule has 4 rings (SSSR count). The minimum atomic E-state index is -0.304. The molecule has 0 radical (unpaired) electrons. The molecule has 0 unspecified atom stereocenters. The molecule has 190 valence electrons. The first kappa shape index (κ1) is 25.7. The van der Waals surface area contributed by atoms with Crippen LogP contribution in [0.15, 0.2) is 47.3 Å². The van der Waals surface area contributed by atoms with Gasteiger partial charge in [0.05, 0.1) is 17.1 Å². The second-order valence-corrected chi connectivity index (χ2v) is 10.6. The van der Waals surface area contributed by atoms with E-state index in [0.717, 1.165) is 46.3 Å². The maximum Gasteiger partial charge on any atom is 0.252 e. The summed E-state index contributed by atoms with van der Waals surface area (Å²) in [5.74, 6) is 0.485. The van der Waals surface area contributed by atoms with Crippen LogP contribution in [0.2, 0.25) is 0 Å². The van der Waals surface area contributed by atoms with Crippen LogP contribution in [0.3, 0.4) is 0 Å². The Hall–Kier alpha value is -3.39. The summed E-state index contributed by atoms with van der Waals surface area (Å²) < 4.78 is 15.5. The first-order chi connectivity index (χ1) is 17.1. The van der Waals surface area contributed by atoms with Crippen LogP contribution in [0.5, 0.6) is 0 Å². The van der Waals surface area contributed by atoms with Gasteiger partial charge in [-0.15, -0.1) is 5.10 Å². The van der Waals surface area contributed by atoms with Gasteiger partial charge in [-0.1, -0.05) is 37.1 Å². The zero-order valence-corrected chi connectivity index (χ0v) is 22.0. The van der Waals surface area contributed by atoms with E-state index in [1.165, 1.54) is 12.1 Å². The van der Waals surface area contributed by atoms with E-state index in [-0.39, 0.29) is 23.0 Å². The number of hydrogen-bond acceptors (Lipinski definition) is 5. The summed E-state index contributed by atoms with van der Waals surface area (Å²) in [6.45, 7) is 13.3. The highest BCUT2D eigenvalue weighted by Gasteiger charge is 2.30. The summed E-state index contributed by atoms with van der Waals surface area (Å²) in [4.78, 5) is 18.5. The Balaban J connectivity index is 1.81. The van der Waals surface area contributed by atoms with E-state index in [1.807, 2.05) is 17.7 Å². The van der Waals surface area contributed by atoms with E-state index in [1.54, 1.807) is 12.1 Å². The SMILES string of the molecule is CCC[C@@H](c1nnnn1C(C)(C)C)N(Cc1ccc(F)cc1)Cc1cc2cc(C)cc(C)c2[nH]c1=O. The van der Waals surface area contributed by atoms with Crippen LogP contribution in [0, 0.1) is 19.7 Å². The predicted molar refractivity (Wildman–Crippen MR) is 140 cm³/mol. The number of tetrazole rings is 1.